The molecule has 1 atom stereocenters. The standard InChI is InChI=1S/C30H45NO3/c1-4-6-8-10-11-12-13-15-26-17-22-29(31-23-26)27-18-20-28(21-19-27)33-24-25(3)34-30(32)16-14-9-7-5-2/h17-23,25H,4-16,24H2,1-3H3. The molecule has 4 heteroatoms. The number of ether oxygens (including phenoxy) is 2. The first-order chi connectivity index (χ1) is 16.6. The molecule has 1 aromatic heterocycles. The van der Waals surface area contributed by atoms with Crippen LogP contribution >= 0.6 is 0 Å². The van der Waals surface area contributed by atoms with Gasteiger partial charge in [0.1, 0.15) is 18.5 Å². The highest BCUT2D eigenvalue weighted by Gasteiger charge is 2.10. The maximum Gasteiger partial charge on any atom is 0.306 e. The van der Waals surface area contributed by atoms with Crippen LogP contribution in [0, 0.1) is 0 Å². The van der Waals surface area contributed by atoms with E-state index in [0.717, 1.165) is 36.3 Å². The third-order valence-corrected chi connectivity index (χ3v) is 6.10. The van der Waals surface area contributed by atoms with Crippen molar-refractivity contribution in [3.05, 3.63) is 48.2 Å². The number of aromatic nitrogens is 1. The van der Waals surface area contributed by atoms with Gasteiger partial charge in [-0.3, -0.25) is 9.78 Å². The second-order valence-electron chi connectivity index (χ2n) is 9.37. The molecule has 0 saturated heterocycles. The number of carbonyl (C=O) groups excluding carboxylic acids is 1. The summed E-state index contributed by atoms with van der Waals surface area (Å²) in [6, 6.07) is 12.2. The first kappa shape index (κ1) is 27.9. The second kappa shape index (κ2) is 17.1. The van der Waals surface area contributed by atoms with E-state index in [1.54, 1.807) is 0 Å². The van der Waals surface area contributed by atoms with Crippen LogP contribution in [0.15, 0.2) is 42.6 Å². The van der Waals surface area contributed by atoms with Crippen molar-refractivity contribution < 1.29 is 14.3 Å². The molecule has 1 heterocycles. The zero-order valence-corrected chi connectivity index (χ0v) is 21.7. The van der Waals surface area contributed by atoms with Crippen LogP contribution in [-0.4, -0.2) is 23.7 Å². The van der Waals surface area contributed by atoms with Crippen LogP contribution in [0.4, 0.5) is 0 Å². The Morgan fingerprint density at radius 1 is 0.824 bits per heavy atom. The van der Waals surface area contributed by atoms with Gasteiger partial charge in [-0.2, -0.15) is 0 Å². The number of esters is 1. The van der Waals surface area contributed by atoms with Gasteiger partial charge in [0.2, 0.25) is 0 Å². The van der Waals surface area contributed by atoms with Gasteiger partial charge in [-0.1, -0.05) is 77.7 Å². The largest absolute Gasteiger partial charge is 0.490 e. The molecule has 0 aliphatic carbocycles. The summed E-state index contributed by atoms with van der Waals surface area (Å²) in [5, 5.41) is 0. The van der Waals surface area contributed by atoms with Gasteiger partial charge in [0.15, 0.2) is 0 Å². The van der Waals surface area contributed by atoms with Gasteiger partial charge in [-0.25, -0.2) is 0 Å². The number of hydrogen-bond acceptors (Lipinski definition) is 4. The number of hydrogen-bond donors (Lipinski definition) is 0. The molecule has 0 aliphatic heterocycles. The average Bonchev–Trinajstić information content (AvgIpc) is 2.85. The quantitative estimate of drug-likeness (QED) is 0.163. The Balaban J connectivity index is 1.69. The highest BCUT2D eigenvalue weighted by atomic mass is 16.6. The Morgan fingerprint density at radius 3 is 2.12 bits per heavy atom. The molecule has 34 heavy (non-hydrogen) atoms. The van der Waals surface area contributed by atoms with Crippen molar-refractivity contribution in [2.75, 3.05) is 6.61 Å². The van der Waals surface area contributed by atoms with E-state index in [9.17, 15) is 4.79 Å². The Bertz CT molecular complexity index is 786. The molecule has 0 saturated carbocycles. The van der Waals surface area contributed by atoms with Crippen LogP contribution in [0.3, 0.4) is 0 Å². The normalized spacial score (nSPS) is 11.9. The van der Waals surface area contributed by atoms with E-state index in [1.807, 2.05) is 37.4 Å². The van der Waals surface area contributed by atoms with E-state index in [1.165, 1.54) is 63.4 Å². The lowest BCUT2D eigenvalue weighted by Crippen LogP contribution is -2.21. The number of unbranched alkanes of at least 4 members (excludes halogenated alkanes) is 9. The van der Waals surface area contributed by atoms with Gasteiger partial charge >= 0.3 is 5.97 Å². The Hall–Kier alpha value is -2.36. The molecule has 2 rings (SSSR count). The highest BCUT2D eigenvalue weighted by molar-refractivity contribution is 5.69. The zero-order valence-electron chi connectivity index (χ0n) is 21.7. The predicted octanol–water partition coefficient (Wildman–Crippen LogP) is 8.32. The predicted molar refractivity (Wildman–Crippen MR) is 141 cm³/mol. The van der Waals surface area contributed by atoms with Gasteiger partial charge in [0.05, 0.1) is 5.69 Å². The first-order valence-electron chi connectivity index (χ1n) is 13.5. The van der Waals surface area contributed by atoms with Gasteiger partial charge < -0.3 is 9.47 Å². The number of rotatable bonds is 18. The van der Waals surface area contributed by atoms with Crippen molar-refractivity contribution in [1.82, 2.24) is 4.98 Å². The lowest BCUT2D eigenvalue weighted by Gasteiger charge is -2.14. The third kappa shape index (κ3) is 11.7. The summed E-state index contributed by atoms with van der Waals surface area (Å²) in [5.74, 6) is 0.634. The molecule has 1 aromatic carbocycles. The average molecular weight is 468 g/mol. The molecule has 2 aromatic rings. The van der Waals surface area contributed by atoms with Gasteiger partial charge in [-0.15, -0.1) is 0 Å². The molecule has 0 radical (unpaired) electrons. The van der Waals surface area contributed by atoms with Crippen molar-refractivity contribution in [1.29, 1.82) is 0 Å². The van der Waals surface area contributed by atoms with Crippen LogP contribution in [-0.2, 0) is 16.0 Å². The summed E-state index contributed by atoms with van der Waals surface area (Å²) in [4.78, 5) is 16.6. The summed E-state index contributed by atoms with van der Waals surface area (Å²) in [6.45, 7) is 6.65. The van der Waals surface area contributed by atoms with E-state index in [0.29, 0.717) is 13.0 Å². The van der Waals surface area contributed by atoms with Gasteiger partial charge in [-0.05, 0) is 62.1 Å². The molecule has 4 nitrogen and oxygen atoms in total. The van der Waals surface area contributed by atoms with Crippen LogP contribution < -0.4 is 4.74 Å². The Kier molecular flexibility index (Phi) is 14.0. The molecule has 0 bridgehead atoms. The molecule has 0 fully saturated rings. The fourth-order valence-corrected chi connectivity index (χ4v) is 3.98. The summed E-state index contributed by atoms with van der Waals surface area (Å²) in [5.41, 5.74) is 3.35. The van der Waals surface area contributed by atoms with Gasteiger partial charge in [0, 0.05) is 18.2 Å². The minimum atomic E-state index is -0.260. The third-order valence-electron chi connectivity index (χ3n) is 6.10. The van der Waals surface area contributed by atoms with Crippen LogP contribution in [0.25, 0.3) is 11.3 Å². The molecule has 0 N–H and O–H groups in total. The van der Waals surface area contributed by atoms with Gasteiger partial charge in [0.25, 0.3) is 0 Å². The molecular formula is C30H45NO3. The number of nitrogens with zero attached hydrogens (tertiary/aromatic N) is 1. The van der Waals surface area contributed by atoms with E-state index < -0.39 is 0 Å². The number of pyridine rings is 1. The Morgan fingerprint density at radius 2 is 1.47 bits per heavy atom. The summed E-state index contributed by atoms with van der Waals surface area (Å²) in [7, 11) is 0. The minimum Gasteiger partial charge on any atom is -0.490 e. The lowest BCUT2D eigenvalue weighted by molar-refractivity contribution is -0.149. The van der Waals surface area contributed by atoms with Crippen molar-refractivity contribution in [2.45, 2.75) is 110 Å². The van der Waals surface area contributed by atoms with E-state index in [-0.39, 0.29) is 12.1 Å². The van der Waals surface area contributed by atoms with Crippen molar-refractivity contribution in [3.8, 4) is 17.0 Å². The fraction of sp³-hybridized carbons (Fsp3) is 0.600. The molecule has 1 unspecified atom stereocenters. The molecule has 188 valence electrons. The zero-order chi connectivity index (χ0) is 24.4. The molecule has 0 aliphatic rings. The van der Waals surface area contributed by atoms with Crippen molar-refractivity contribution >= 4 is 5.97 Å². The monoisotopic (exact) mass is 467 g/mol. The molecule has 0 spiro atoms. The van der Waals surface area contributed by atoms with Crippen LogP contribution in [0.1, 0.15) is 103 Å². The minimum absolute atomic E-state index is 0.135. The fourth-order valence-electron chi connectivity index (χ4n) is 3.98. The van der Waals surface area contributed by atoms with Crippen molar-refractivity contribution in [2.24, 2.45) is 0 Å². The highest BCUT2D eigenvalue weighted by Crippen LogP contribution is 2.22. The summed E-state index contributed by atoms with van der Waals surface area (Å²) < 4.78 is 11.2. The number of aryl methyl sites for hydroxylation is 1. The van der Waals surface area contributed by atoms with Crippen molar-refractivity contribution in [3.63, 3.8) is 0 Å². The molecule has 0 amide bonds. The molecular weight excluding hydrogens is 422 g/mol. The smallest absolute Gasteiger partial charge is 0.306 e. The second-order valence-corrected chi connectivity index (χ2v) is 9.37. The first-order valence-corrected chi connectivity index (χ1v) is 13.5. The van der Waals surface area contributed by atoms with E-state index >= 15 is 0 Å². The Labute approximate surface area is 207 Å². The van der Waals surface area contributed by atoms with E-state index in [4.69, 9.17) is 9.47 Å². The van der Waals surface area contributed by atoms with Crippen LogP contribution in [0.5, 0.6) is 5.75 Å². The topological polar surface area (TPSA) is 48.4 Å². The number of benzene rings is 1. The summed E-state index contributed by atoms with van der Waals surface area (Å²) >= 11 is 0. The lowest BCUT2D eigenvalue weighted by atomic mass is 10.0. The number of carbonyl (C=O) groups is 1. The van der Waals surface area contributed by atoms with E-state index in [2.05, 4.69) is 31.0 Å². The SMILES string of the molecule is CCCCCCCCCc1ccc(-c2ccc(OCC(C)OC(=O)CCCCCC)cc2)nc1. The maximum absolute atomic E-state index is 11.9. The van der Waals surface area contributed by atoms with Crippen LogP contribution in [0.2, 0.25) is 0 Å². The maximum atomic E-state index is 11.9. The summed E-state index contributed by atoms with van der Waals surface area (Å²) in [6.07, 6.45) is 17.0.